The monoisotopic (exact) mass is 428 g/mol. The lowest BCUT2D eigenvalue weighted by Gasteiger charge is -2.29. The van der Waals surface area contributed by atoms with Crippen LogP contribution in [0.4, 0.5) is 9.59 Å². The Bertz CT molecular complexity index is 648. The smallest absolute Gasteiger partial charge is 0.408 e. The van der Waals surface area contributed by atoms with Gasteiger partial charge in [-0.3, -0.25) is 0 Å². The summed E-state index contributed by atoms with van der Waals surface area (Å²) in [7, 11) is 0. The Morgan fingerprint density at radius 1 is 0.967 bits per heavy atom. The molecule has 1 unspecified atom stereocenters. The van der Waals surface area contributed by atoms with Crippen LogP contribution in [0.15, 0.2) is 10.2 Å². The number of carbonyl (C=O) groups excluding carboxylic acids is 2. The molecule has 3 N–H and O–H groups in total. The molecule has 0 rings (SSSR count). The zero-order valence-electron chi connectivity index (χ0n) is 16.9. The van der Waals surface area contributed by atoms with E-state index in [1.165, 1.54) is 0 Å². The molecular weight excluding hydrogens is 400 g/mol. The number of alkyl carbamates (subject to hydrolysis) is 2. The maximum Gasteiger partial charge on any atom is 0.408 e. The van der Waals surface area contributed by atoms with Gasteiger partial charge in [-0.2, -0.15) is 0 Å². The second-order valence-corrected chi connectivity index (χ2v) is 6.14. The number of nitrogens with zero attached hydrogens (tertiary/aromatic N) is 6. The van der Waals surface area contributed by atoms with Crippen molar-refractivity contribution in [1.82, 2.24) is 10.6 Å². The quantitative estimate of drug-likeness (QED) is 0.145. The van der Waals surface area contributed by atoms with Crippen molar-refractivity contribution in [1.29, 1.82) is 0 Å². The molecule has 0 aromatic carbocycles. The first-order chi connectivity index (χ1) is 14.4. The second-order valence-electron chi connectivity index (χ2n) is 6.14. The lowest BCUT2D eigenvalue weighted by Crippen LogP contribution is -2.54. The maximum atomic E-state index is 11.9. The van der Waals surface area contributed by atoms with E-state index in [2.05, 4.69) is 30.7 Å². The van der Waals surface area contributed by atoms with Crippen molar-refractivity contribution in [3.63, 3.8) is 0 Å². The van der Waals surface area contributed by atoms with Crippen molar-refractivity contribution in [2.75, 3.05) is 32.8 Å². The number of carboxylic acid groups (broad SMARTS) is 1. The number of ether oxygens (including phenoxy) is 2. The second kappa shape index (κ2) is 16.6. The molecule has 14 nitrogen and oxygen atoms in total. The van der Waals surface area contributed by atoms with Crippen molar-refractivity contribution >= 4 is 18.2 Å². The molecule has 0 saturated heterocycles. The van der Waals surface area contributed by atoms with Gasteiger partial charge in [0.2, 0.25) is 0 Å². The number of unbranched alkanes of at least 4 members (excludes halogenated alkanes) is 1. The lowest BCUT2D eigenvalue weighted by atomic mass is 9.90. The Morgan fingerprint density at radius 2 is 1.53 bits per heavy atom. The summed E-state index contributed by atoms with van der Waals surface area (Å²) in [6.45, 7) is 2.45. The summed E-state index contributed by atoms with van der Waals surface area (Å²) in [5.41, 5.74) is 14.8. The molecular formula is C16H28N8O6. The lowest BCUT2D eigenvalue weighted by molar-refractivity contribution is -0.145. The number of amides is 2. The summed E-state index contributed by atoms with van der Waals surface area (Å²) in [4.78, 5) is 40.3. The summed E-state index contributed by atoms with van der Waals surface area (Å²) in [6, 6.07) is 0. The van der Waals surface area contributed by atoms with Gasteiger partial charge in [-0.25, -0.2) is 14.4 Å². The average Bonchev–Trinajstić information content (AvgIpc) is 2.72. The summed E-state index contributed by atoms with van der Waals surface area (Å²) < 4.78 is 9.80. The summed E-state index contributed by atoms with van der Waals surface area (Å²) in [6.07, 6.45) is 0.479. The minimum Gasteiger partial charge on any atom is -0.480 e. The minimum atomic E-state index is -1.48. The largest absolute Gasteiger partial charge is 0.480 e. The third kappa shape index (κ3) is 12.2. The van der Waals surface area contributed by atoms with E-state index in [0.29, 0.717) is 25.7 Å². The van der Waals surface area contributed by atoms with Crippen LogP contribution in [0.5, 0.6) is 0 Å². The van der Waals surface area contributed by atoms with Gasteiger partial charge in [-0.15, -0.1) is 0 Å². The molecule has 0 aliphatic carbocycles. The van der Waals surface area contributed by atoms with Crippen molar-refractivity contribution in [2.45, 2.75) is 51.0 Å². The standard InChI is InChI=1S/C16H28N8O6/c1-2-16(13(25)26,22-15(28)30-12-6-10-21-24-18)7-3-4-8-19-14(27)29-11-5-9-20-23-17/h2-12H2,1H3,(H,19,27)(H,22,28)(H,25,26). The highest BCUT2D eigenvalue weighted by Gasteiger charge is 2.38. The highest BCUT2D eigenvalue weighted by atomic mass is 16.6. The number of hydrogen-bond donors (Lipinski definition) is 3. The molecule has 0 spiro atoms. The van der Waals surface area contributed by atoms with Crippen LogP contribution in [-0.4, -0.2) is 61.6 Å². The summed E-state index contributed by atoms with van der Waals surface area (Å²) >= 11 is 0. The molecule has 0 radical (unpaired) electrons. The first-order valence-corrected chi connectivity index (χ1v) is 9.52. The minimum absolute atomic E-state index is 0.000833. The van der Waals surface area contributed by atoms with Gasteiger partial charge >= 0.3 is 18.2 Å². The van der Waals surface area contributed by atoms with Gasteiger partial charge in [0, 0.05) is 29.5 Å². The van der Waals surface area contributed by atoms with Gasteiger partial charge in [0.25, 0.3) is 0 Å². The molecule has 168 valence electrons. The van der Waals surface area contributed by atoms with E-state index >= 15 is 0 Å². The van der Waals surface area contributed by atoms with E-state index in [1.54, 1.807) is 6.92 Å². The van der Waals surface area contributed by atoms with Crippen molar-refractivity contribution < 1.29 is 29.0 Å². The molecule has 0 heterocycles. The zero-order chi connectivity index (χ0) is 22.7. The molecule has 14 heteroatoms. The van der Waals surface area contributed by atoms with Gasteiger partial charge in [0.05, 0.1) is 13.2 Å². The Labute approximate surface area is 173 Å². The van der Waals surface area contributed by atoms with E-state index in [0.717, 1.165) is 0 Å². The predicted molar refractivity (Wildman–Crippen MR) is 106 cm³/mol. The van der Waals surface area contributed by atoms with E-state index < -0.39 is 23.7 Å². The van der Waals surface area contributed by atoms with Crippen molar-refractivity contribution in [2.24, 2.45) is 10.2 Å². The zero-order valence-corrected chi connectivity index (χ0v) is 16.9. The molecule has 1 atom stereocenters. The molecule has 0 bridgehead atoms. The molecule has 0 saturated carbocycles. The van der Waals surface area contributed by atoms with Crippen LogP contribution in [0.2, 0.25) is 0 Å². The highest BCUT2D eigenvalue weighted by Crippen LogP contribution is 2.19. The molecule has 0 fully saturated rings. The topological polar surface area (TPSA) is 211 Å². The number of aliphatic carboxylic acids is 1. The van der Waals surface area contributed by atoms with Gasteiger partial charge < -0.3 is 25.2 Å². The van der Waals surface area contributed by atoms with Gasteiger partial charge in [0.1, 0.15) is 5.54 Å². The third-order valence-electron chi connectivity index (χ3n) is 4.05. The Kier molecular flexibility index (Phi) is 14.7. The van der Waals surface area contributed by atoms with Gasteiger partial charge in [0.15, 0.2) is 0 Å². The molecule has 2 amide bonds. The Morgan fingerprint density at radius 3 is 2.03 bits per heavy atom. The van der Waals surface area contributed by atoms with E-state index in [4.69, 9.17) is 20.5 Å². The Balaban J connectivity index is 4.26. The number of hydrogen-bond acceptors (Lipinski definition) is 7. The van der Waals surface area contributed by atoms with E-state index in [-0.39, 0.29) is 45.7 Å². The number of carboxylic acids is 1. The van der Waals surface area contributed by atoms with E-state index in [1.807, 2.05) is 0 Å². The normalized spacial score (nSPS) is 11.8. The molecule has 0 aromatic rings. The third-order valence-corrected chi connectivity index (χ3v) is 4.05. The summed E-state index contributed by atoms with van der Waals surface area (Å²) in [5, 5.41) is 21.1. The van der Waals surface area contributed by atoms with Crippen LogP contribution >= 0.6 is 0 Å². The molecule has 0 aromatic heterocycles. The SMILES string of the molecule is CCC(CCCCNC(=O)OCCCN=[N+]=[N-])(NC(=O)OCCCN=[N+]=[N-])C(=O)O. The van der Waals surface area contributed by atoms with Crippen LogP contribution in [0, 0.1) is 0 Å². The molecule has 0 aliphatic heterocycles. The fraction of sp³-hybridized carbons (Fsp3) is 0.812. The van der Waals surface area contributed by atoms with E-state index in [9.17, 15) is 19.5 Å². The summed E-state index contributed by atoms with van der Waals surface area (Å²) in [5.74, 6) is -1.18. The number of azide groups is 2. The fourth-order valence-corrected chi connectivity index (χ4v) is 2.35. The van der Waals surface area contributed by atoms with Crippen LogP contribution < -0.4 is 10.6 Å². The van der Waals surface area contributed by atoms with Gasteiger partial charge in [-0.05, 0) is 49.6 Å². The average molecular weight is 428 g/mol. The van der Waals surface area contributed by atoms with Crippen LogP contribution in [0.25, 0.3) is 20.9 Å². The first-order valence-electron chi connectivity index (χ1n) is 9.52. The molecule has 30 heavy (non-hydrogen) atoms. The predicted octanol–water partition coefficient (Wildman–Crippen LogP) is 3.24. The van der Waals surface area contributed by atoms with Crippen LogP contribution in [0.3, 0.4) is 0 Å². The number of rotatable bonds is 16. The maximum absolute atomic E-state index is 11.9. The van der Waals surface area contributed by atoms with Crippen molar-refractivity contribution in [3.05, 3.63) is 20.9 Å². The first kappa shape index (κ1) is 26.6. The highest BCUT2D eigenvalue weighted by molar-refractivity contribution is 5.84. The van der Waals surface area contributed by atoms with Gasteiger partial charge in [-0.1, -0.05) is 17.2 Å². The van der Waals surface area contributed by atoms with Crippen LogP contribution in [-0.2, 0) is 14.3 Å². The number of carbonyl (C=O) groups is 3. The number of nitrogens with one attached hydrogen (secondary N) is 2. The van der Waals surface area contributed by atoms with Crippen LogP contribution in [0.1, 0.15) is 45.4 Å². The fourth-order valence-electron chi connectivity index (χ4n) is 2.35. The Hall–Kier alpha value is -3.37. The van der Waals surface area contributed by atoms with Crippen molar-refractivity contribution in [3.8, 4) is 0 Å². The molecule has 0 aliphatic rings.